The number of carbonyl (C=O) groups is 2. The molecule has 0 aromatic heterocycles. The molecule has 6 heteroatoms. The van der Waals surface area contributed by atoms with Gasteiger partial charge in [0.1, 0.15) is 0 Å². The zero-order valence-electron chi connectivity index (χ0n) is 17.4. The van der Waals surface area contributed by atoms with E-state index in [-0.39, 0.29) is 17.6 Å². The second-order valence-electron chi connectivity index (χ2n) is 8.21. The Bertz CT molecular complexity index is 1050. The van der Waals surface area contributed by atoms with E-state index in [1.54, 1.807) is 11.8 Å². The molecule has 3 aliphatic heterocycles. The van der Waals surface area contributed by atoms with Crippen molar-refractivity contribution >= 4 is 28.6 Å². The van der Waals surface area contributed by atoms with Crippen molar-refractivity contribution in [3.05, 3.63) is 71.3 Å². The molecule has 5 nitrogen and oxygen atoms in total. The Balaban J connectivity index is 1.22. The molecule has 1 fully saturated rings. The van der Waals surface area contributed by atoms with Crippen molar-refractivity contribution in [2.24, 2.45) is 10.9 Å². The number of benzene rings is 2. The van der Waals surface area contributed by atoms with Crippen molar-refractivity contribution in [3.8, 4) is 11.1 Å². The van der Waals surface area contributed by atoms with Crippen LogP contribution in [0.4, 0.5) is 0 Å². The number of piperidine rings is 1. The van der Waals surface area contributed by atoms with Crippen LogP contribution in [0.15, 0.2) is 70.7 Å². The van der Waals surface area contributed by atoms with Crippen molar-refractivity contribution in [1.82, 2.24) is 9.80 Å². The Morgan fingerprint density at radius 1 is 1.00 bits per heavy atom. The summed E-state index contributed by atoms with van der Waals surface area (Å²) in [7, 11) is 0. The molecule has 3 heterocycles. The lowest BCUT2D eigenvalue weighted by Crippen LogP contribution is -2.43. The summed E-state index contributed by atoms with van der Waals surface area (Å²) in [4.78, 5) is 34.5. The lowest BCUT2D eigenvalue weighted by Gasteiger charge is -2.32. The standard InChI is InChI=1S/C25H25N3O2S/c29-23(15-22-17-31-25-26-12-14-28(22)25)27-13-4-7-21(16-27)24(30)20-10-8-19(9-11-20)18-5-2-1-3-6-18/h1-3,5-6,8-11,17,21H,4,7,12-16H2. The molecular formula is C25H25N3O2S. The number of amidine groups is 1. The number of hydrogen-bond acceptors (Lipinski definition) is 5. The molecule has 5 rings (SSSR count). The van der Waals surface area contributed by atoms with Crippen LogP contribution >= 0.6 is 11.8 Å². The summed E-state index contributed by atoms with van der Waals surface area (Å²) in [6.45, 7) is 2.91. The Labute approximate surface area is 186 Å². The summed E-state index contributed by atoms with van der Waals surface area (Å²) < 4.78 is 0. The molecule has 0 spiro atoms. The van der Waals surface area contributed by atoms with Gasteiger partial charge in [0.15, 0.2) is 11.0 Å². The number of nitrogens with zero attached hydrogens (tertiary/aromatic N) is 3. The summed E-state index contributed by atoms with van der Waals surface area (Å²) in [6, 6.07) is 18.0. The normalized spacial score (nSPS) is 20.3. The fourth-order valence-corrected chi connectivity index (χ4v) is 5.45. The maximum Gasteiger partial charge on any atom is 0.228 e. The smallest absolute Gasteiger partial charge is 0.228 e. The minimum absolute atomic E-state index is 0.108. The van der Waals surface area contributed by atoms with Crippen molar-refractivity contribution in [1.29, 1.82) is 0 Å². The van der Waals surface area contributed by atoms with Crippen molar-refractivity contribution < 1.29 is 9.59 Å². The molecule has 3 aliphatic rings. The highest BCUT2D eigenvalue weighted by Crippen LogP contribution is 2.32. The average Bonchev–Trinajstić information content (AvgIpc) is 3.44. The number of hydrogen-bond donors (Lipinski definition) is 0. The SMILES string of the molecule is O=C(c1ccc(-c2ccccc2)cc1)C1CCCN(C(=O)CC2=CSC3=NCCN23)C1. The maximum atomic E-state index is 13.1. The number of amides is 1. The summed E-state index contributed by atoms with van der Waals surface area (Å²) in [6.07, 6.45) is 2.09. The van der Waals surface area contributed by atoms with Gasteiger partial charge in [0.25, 0.3) is 0 Å². The predicted octanol–water partition coefficient (Wildman–Crippen LogP) is 4.42. The second kappa shape index (κ2) is 8.71. The fourth-order valence-electron chi connectivity index (χ4n) is 4.49. The Hall–Kier alpha value is -2.86. The van der Waals surface area contributed by atoms with Crippen LogP contribution in [0.1, 0.15) is 29.6 Å². The van der Waals surface area contributed by atoms with Gasteiger partial charge in [-0.25, -0.2) is 0 Å². The van der Waals surface area contributed by atoms with Crippen LogP contribution in [0.3, 0.4) is 0 Å². The summed E-state index contributed by atoms with van der Waals surface area (Å²) >= 11 is 1.60. The maximum absolute atomic E-state index is 13.1. The first-order chi connectivity index (χ1) is 15.2. The van der Waals surface area contributed by atoms with E-state index in [1.807, 2.05) is 52.8 Å². The zero-order valence-corrected chi connectivity index (χ0v) is 18.2. The van der Waals surface area contributed by atoms with E-state index >= 15 is 0 Å². The van der Waals surface area contributed by atoms with E-state index in [4.69, 9.17) is 0 Å². The van der Waals surface area contributed by atoms with E-state index < -0.39 is 0 Å². The fraction of sp³-hybridized carbons (Fsp3) is 0.320. The Morgan fingerprint density at radius 3 is 2.58 bits per heavy atom. The second-order valence-corrected chi connectivity index (χ2v) is 9.04. The minimum Gasteiger partial charge on any atom is -0.342 e. The van der Waals surface area contributed by atoms with Crippen LogP contribution in [0.25, 0.3) is 11.1 Å². The summed E-state index contributed by atoms with van der Waals surface area (Å²) in [5.74, 6) is 0.120. The quantitative estimate of drug-likeness (QED) is 0.658. The number of aliphatic imine (C=N–C) groups is 1. The highest BCUT2D eigenvalue weighted by Gasteiger charge is 2.32. The van der Waals surface area contributed by atoms with Gasteiger partial charge in [-0.1, -0.05) is 66.4 Å². The van der Waals surface area contributed by atoms with Crippen molar-refractivity contribution in [2.75, 3.05) is 26.2 Å². The molecule has 0 saturated carbocycles. The van der Waals surface area contributed by atoms with Crippen LogP contribution in [-0.4, -0.2) is 52.8 Å². The van der Waals surface area contributed by atoms with Gasteiger partial charge in [-0.05, 0) is 29.4 Å². The highest BCUT2D eigenvalue weighted by molar-refractivity contribution is 8.16. The first-order valence-corrected chi connectivity index (χ1v) is 11.7. The summed E-state index contributed by atoms with van der Waals surface area (Å²) in [5, 5.41) is 3.05. The Morgan fingerprint density at radius 2 is 1.77 bits per heavy atom. The van der Waals surface area contributed by atoms with Gasteiger partial charge in [-0.2, -0.15) is 0 Å². The monoisotopic (exact) mass is 431 g/mol. The van der Waals surface area contributed by atoms with E-state index in [1.165, 1.54) is 0 Å². The first-order valence-electron chi connectivity index (χ1n) is 10.8. The number of ketones is 1. The topological polar surface area (TPSA) is 53.0 Å². The molecule has 1 atom stereocenters. The number of Topliss-reactive ketones (excluding diaryl/α,β-unsaturated/α-hetero) is 1. The van der Waals surface area contributed by atoms with Crippen LogP contribution in [-0.2, 0) is 4.79 Å². The number of carbonyl (C=O) groups excluding carboxylic acids is 2. The molecule has 0 N–H and O–H groups in total. The highest BCUT2D eigenvalue weighted by atomic mass is 32.2. The van der Waals surface area contributed by atoms with Gasteiger partial charge < -0.3 is 9.80 Å². The predicted molar refractivity (Wildman–Crippen MR) is 125 cm³/mol. The first kappa shape index (κ1) is 20.1. The molecule has 0 aliphatic carbocycles. The number of fused-ring (bicyclic) bond motifs is 1. The van der Waals surface area contributed by atoms with Gasteiger partial charge in [0, 0.05) is 36.8 Å². The van der Waals surface area contributed by atoms with Crippen LogP contribution in [0.5, 0.6) is 0 Å². The van der Waals surface area contributed by atoms with E-state index in [9.17, 15) is 9.59 Å². The van der Waals surface area contributed by atoms with Crippen LogP contribution in [0, 0.1) is 5.92 Å². The minimum atomic E-state index is -0.129. The molecule has 31 heavy (non-hydrogen) atoms. The molecular weight excluding hydrogens is 406 g/mol. The molecule has 1 saturated heterocycles. The Kier molecular flexibility index (Phi) is 5.64. The van der Waals surface area contributed by atoms with E-state index in [0.717, 1.165) is 60.0 Å². The molecule has 0 radical (unpaired) electrons. The van der Waals surface area contributed by atoms with Gasteiger partial charge >= 0.3 is 0 Å². The van der Waals surface area contributed by atoms with Crippen molar-refractivity contribution in [2.45, 2.75) is 19.3 Å². The molecule has 2 aromatic rings. The van der Waals surface area contributed by atoms with Crippen molar-refractivity contribution in [3.63, 3.8) is 0 Å². The van der Waals surface area contributed by atoms with Gasteiger partial charge in [0.2, 0.25) is 5.91 Å². The van der Waals surface area contributed by atoms with Gasteiger partial charge in [0.05, 0.1) is 13.0 Å². The zero-order chi connectivity index (χ0) is 21.2. The average molecular weight is 432 g/mol. The third-order valence-corrected chi connectivity index (χ3v) is 7.15. The number of likely N-dealkylation sites (tertiary alicyclic amines) is 1. The van der Waals surface area contributed by atoms with E-state index in [0.29, 0.717) is 13.0 Å². The lowest BCUT2D eigenvalue weighted by atomic mass is 9.89. The summed E-state index contributed by atoms with van der Waals surface area (Å²) in [5.41, 5.74) is 4.01. The molecule has 1 amide bonds. The molecule has 1 unspecified atom stereocenters. The van der Waals surface area contributed by atoms with Gasteiger partial charge in [-0.3, -0.25) is 14.6 Å². The van der Waals surface area contributed by atoms with Gasteiger partial charge in [-0.15, -0.1) is 0 Å². The third-order valence-electron chi connectivity index (χ3n) is 6.20. The number of thioether (sulfide) groups is 1. The van der Waals surface area contributed by atoms with Crippen LogP contribution < -0.4 is 0 Å². The number of rotatable bonds is 5. The molecule has 2 aromatic carbocycles. The third kappa shape index (κ3) is 4.17. The van der Waals surface area contributed by atoms with E-state index in [2.05, 4.69) is 22.0 Å². The molecule has 0 bridgehead atoms. The molecule has 158 valence electrons. The largest absolute Gasteiger partial charge is 0.342 e. The lowest BCUT2D eigenvalue weighted by molar-refractivity contribution is -0.132. The van der Waals surface area contributed by atoms with Crippen LogP contribution in [0.2, 0.25) is 0 Å².